The molecule has 0 spiro atoms. The number of aromatic nitrogens is 2. The Labute approximate surface area is 210 Å². The van der Waals surface area contributed by atoms with Gasteiger partial charge in [0.05, 0.1) is 27.3 Å². The Bertz CT molecular complexity index is 1050. The lowest BCUT2D eigenvalue weighted by Crippen LogP contribution is -2.47. The molecular weight excluding hydrogens is 472 g/mol. The van der Waals surface area contributed by atoms with E-state index in [-0.39, 0.29) is 12.5 Å². The molecular formula is C24H31ClN6O2S. The molecule has 2 aromatic rings. The molecule has 2 heterocycles. The standard InChI is InChI=1S/C24H31ClN6O2S/c1-5-20(24(33)29-23-16(2)7-6-8-19(23)25)34-18(4)28-21-15-22(27-17(3)26-21)31-11-9-30(10-12-31)13-14-32/h5-8,15,32H,4,9-14H2,1-3H3,(H,29,33)(H,26,27,28)/b20-5-. The van der Waals surface area contributed by atoms with Crippen molar-refractivity contribution in [1.29, 1.82) is 0 Å². The summed E-state index contributed by atoms with van der Waals surface area (Å²) in [6.07, 6.45) is 1.74. The summed E-state index contributed by atoms with van der Waals surface area (Å²) in [7, 11) is 0. The average Bonchev–Trinajstić information content (AvgIpc) is 2.80. The second kappa shape index (κ2) is 12.2. The van der Waals surface area contributed by atoms with Crippen molar-refractivity contribution in [3.05, 3.63) is 63.3 Å². The Morgan fingerprint density at radius 1 is 1.24 bits per heavy atom. The van der Waals surface area contributed by atoms with Gasteiger partial charge in [0, 0.05) is 38.8 Å². The molecule has 0 saturated carbocycles. The molecule has 1 amide bonds. The molecule has 3 rings (SSSR count). The van der Waals surface area contributed by atoms with Crippen LogP contribution in [-0.4, -0.2) is 65.2 Å². The number of nitrogens with zero attached hydrogens (tertiary/aromatic N) is 4. The molecule has 34 heavy (non-hydrogen) atoms. The summed E-state index contributed by atoms with van der Waals surface area (Å²) < 4.78 is 0. The van der Waals surface area contributed by atoms with Gasteiger partial charge in [0.2, 0.25) is 0 Å². The number of rotatable bonds is 9. The molecule has 0 unspecified atom stereocenters. The van der Waals surface area contributed by atoms with Crippen LogP contribution in [0.25, 0.3) is 0 Å². The van der Waals surface area contributed by atoms with Crippen molar-refractivity contribution in [1.82, 2.24) is 14.9 Å². The van der Waals surface area contributed by atoms with Crippen molar-refractivity contribution in [2.24, 2.45) is 0 Å². The number of hydrogen-bond acceptors (Lipinski definition) is 8. The number of β-amino-alcohol motifs (C(OH)–C–C–N with tert-alkyl or cyclic N) is 1. The van der Waals surface area contributed by atoms with Crippen LogP contribution in [0.5, 0.6) is 0 Å². The van der Waals surface area contributed by atoms with E-state index in [9.17, 15) is 4.79 Å². The van der Waals surface area contributed by atoms with Crippen LogP contribution in [0.1, 0.15) is 18.3 Å². The van der Waals surface area contributed by atoms with Gasteiger partial charge in [0.15, 0.2) is 0 Å². The van der Waals surface area contributed by atoms with Crippen molar-refractivity contribution in [2.75, 3.05) is 54.9 Å². The lowest BCUT2D eigenvalue weighted by molar-refractivity contribution is -0.112. The highest BCUT2D eigenvalue weighted by Gasteiger charge is 2.19. The number of amides is 1. The first-order valence-corrected chi connectivity index (χ1v) is 12.3. The molecule has 8 nitrogen and oxygen atoms in total. The van der Waals surface area contributed by atoms with Crippen LogP contribution >= 0.6 is 23.4 Å². The third kappa shape index (κ3) is 6.96. The maximum atomic E-state index is 12.8. The van der Waals surface area contributed by atoms with E-state index in [0.29, 0.717) is 38.8 Å². The number of aliphatic hydroxyl groups is 1. The van der Waals surface area contributed by atoms with Crippen LogP contribution in [0.2, 0.25) is 5.02 Å². The fourth-order valence-electron chi connectivity index (χ4n) is 3.62. The largest absolute Gasteiger partial charge is 0.395 e. The zero-order chi connectivity index (χ0) is 24.7. The lowest BCUT2D eigenvalue weighted by Gasteiger charge is -2.35. The highest BCUT2D eigenvalue weighted by atomic mass is 35.5. The van der Waals surface area contributed by atoms with Crippen molar-refractivity contribution >= 4 is 46.6 Å². The van der Waals surface area contributed by atoms with Gasteiger partial charge in [-0.15, -0.1) is 0 Å². The van der Waals surface area contributed by atoms with Crippen LogP contribution in [0.3, 0.4) is 0 Å². The number of hydrogen-bond donors (Lipinski definition) is 3. The summed E-state index contributed by atoms with van der Waals surface area (Å²) >= 11 is 7.48. The van der Waals surface area contributed by atoms with Crippen molar-refractivity contribution < 1.29 is 9.90 Å². The van der Waals surface area contributed by atoms with E-state index in [2.05, 4.69) is 37.0 Å². The summed E-state index contributed by atoms with van der Waals surface area (Å²) in [4.78, 5) is 26.8. The SMILES string of the molecule is C=C(Nc1cc(N2CCN(CCO)CC2)nc(C)n1)S/C(=C\C)C(=O)Nc1c(C)cccc1Cl. The van der Waals surface area contributed by atoms with Gasteiger partial charge in [-0.1, -0.05) is 48.2 Å². The molecule has 0 radical (unpaired) electrons. The van der Waals surface area contributed by atoms with Gasteiger partial charge in [-0.05, 0) is 32.4 Å². The number of aliphatic hydroxyl groups excluding tert-OH is 1. The lowest BCUT2D eigenvalue weighted by atomic mass is 10.2. The van der Waals surface area contributed by atoms with Gasteiger partial charge in [-0.3, -0.25) is 9.69 Å². The van der Waals surface area contributed by atoms with Crippen LogP contribution in [-0.2, 0) is 4.79 Å². The molecule has 10 heteroatoms. The Morgan fingerprint density at radius 3 is 2.62 bits per heavy atom. The fraction of sp³-hybridized carbons (Fsp3) is 0.375. The normalized spacial score (nSPS) is 14.7. The predicted octanol–water partition coefficient (Wildman–Crippen LogP) is 4.02. The first-order valence-electron chi connectivity index (χ1n) is 11.1. The minimum Gasteiger partial charge on any atom is -0.395 e. The van der Waals surface area contributed by atoms with E-state index in [4.69, 9.17) is 16.7 Å². The number of carbonyl (C=O) groups excluding carboxylic acids is 1. The molecule has 1 fully saturated rings. The van der Waals surface area contributed by atoms with E-state index in [1.165, 1.54) is 11.8 Å². The van der Waals surface area contributed by atoms with Crippen LogP contribution in [0.15, 0.2) is 46.9 Å². The topological polar surface area (TPSA) is 93.6 Å². The summed E-state index contributed by atoms with van der Waals surface area (Å²) in [6.45, 7) is 13.9. The van der Waals surface area contributed by atoms with E-state index in [1.54, 1.807) is 19.1 Å². The fourth-order valence-corrected chi connectivity index (χ4v) is 4.57. The zero-order valence-corrected chi connectivity index (χ0v) is 21.3. The second-order valence-electron chi connectivity index (χ2n) is 7.90. The van der Waals surface area contributed by atoms with Gasteiger partial charge in [0.25, 0.3) is 5.91 Å². The number of allylic oxidation sites excluding steroid dienone is 1. The Hall–Kier alpha value is -2.59. The predicted molar refractivity (Wildman–Crippen MR) is 141 cm³/mol. The van der Waals surface area contributed by atoms with E-state index >= 15 is 0 Å². The van der Waals surface area contributed by atoms with Crippen molar-refractivity contribution in [3.63, 3.8) is 0 Å². The summed E-state index contributed by atoms with van der Waals surface area (Å²) in [5, 5.41) is 16.3. The van der Waals surface area contributed by atoms with E-state index in [0.717, 1.165) is 37.6 Å². The molecule has 1 aromatic carbocycles. The molecule has 1 saturated heterocycles. The Morgan fingerprint density at radius 2 is 1.97 bits per heavy atom. The number of piperazine rings is 1. The van der Waals surface area contributed by atoms with Crippen molar-refractivity contribution in [3.8, 4) is 0 Å². The minimum absolute atomic E-state index is 0.171. The van der Waals surface area contributed by atoms with Crippen molar-refractivity contribution in [2.45, 2.75) is 20.8 Å². The Kier molecular flexibility index (Phi) is 9.35. The Balaban J connectivity index is 1.63. The molecule has 0 atom stereocenters. The van der Waals surface area contributed by atoms with Crippen LogP contribution in [0.4, 0.5) is 17.3 Å². The molecule has 1 aliphatic heterocycles. The van der Waals surface area contributed by atoms with E-state index in [1.807, 2.05) is 32.0 Å². The highest BCUT2D eigenvalue weighted by Crippen LogP contribution is 2.30. The van der Waals surface area contributed by atoms with Gasteiger partial charge >= 0.3 is 0 Å². The number of anilines is 3. The number of aryl methyl sites for hydroxylation is 2. The first kappa shape index (κ1) is 26.0. The third-order valence-electron chi connectivity index (χ3n) is 5.38. The van der Waals surface area contributed by atoms with Gasteiger partial charge in [-0.25, -0.2) is 9.97 Å². The molecule has 0 bridgehead atoms. The van der Waals surface area contributed by atoms with Crippen LogP contribution < -0.4 is 15.5 Å². The molecule has 0 aliphatic carbocycles. The average molecular weight is 503 g/mol. The number of halogens is 1. The molecule has 182 valence electrons. The number of thioether (sulfide) groups is 1. The third-order valence-corrected chi connectivity index (χ3v) is 6.69. The maximum Gasteiger partial charge on any atom is 0.262 e. The summed E-state index contributed by atoms with van der Waals surface area (Å²) in [6, 6.07) is 7.38. The highest BCUT2D eigenvalue weighted by molar-refractivity contribution is 8.07. The summed E-state index contributed by atoms with van der Waals surface area (Å²) in [5.74, 6) is 1.85. The number of nitrogens with one attached hydrogen (secondary N) is 2. The zero-order valence-electron chi connectivity index (χ0n) is 19.8. The first-order chi connectivity index (χ1) is 16.3. The number of carbonyl (C=O) groups is 1. The monoisotopic (exact) mass is 502 g/mol. The summed E-state index contributed by atoms with van der Waals surface area (Å²) in [5.41, 5.74) is 1.49. The van der Waals surface area contributed by atoms with E-state index < -0.39 is 0 Å². The molecule has 1 aromatic heterocycles. The number of para-hydroxylation sites is 1. The van der Waals surface area contributed by atoms with Gasteiger partial charge in [-0.2, -0.15) is 0 Å². The van der Waals surface area contributed by atoms with Gasteiger partial charge < -0.3 is 20.6 Å². The van der Waals surface area contributed by atoms with Gasteiger partial charge in [0.1, 0.15) is 17.5 Å². The number of benzene rings is 1. The molecule has 3 N–H and O–H groups in total. The minimum atomic E-state index is -0.257. The second-order valence-corrected chi connectivity index (χ2v) is 9.44. The van der Waals surface area contributed by atoms with Crippen LogP contribution in [0, 0.1) is 13.8 Å². The maximum absolute atomic E-state index is 12.8. The smallest absolute Gasteiger partial charge is 0.262 e. The quantitative estimate of drug-likeness (QED) is 0.443. The molecule has 1 aliphatic rings.